The largest absolute Gasteiger partial charge is 0.491 e. The number of hydrogen-bond acceptors (Lipinski definition) is 7. The molecule has 3 aromatic rings. The van der Waals surface area contributed by atoms with E-state index in [9.17, 15) is 9.59 Å². The Hall–Kier alpha value is -3.56. The average molecular weight is 492 g/mol. The van der Waals surface area contributed by atoms with E-state index in [2.05, 4.69) is 32.2 Å². The first-order chi connectivity index (χ1) is 17.6. The fourth-order valence-corrected chi connectivity index (χ4v) is 4.13. The van der Waals surface area contributed by atoms with Crippen LogP contribution in [0.4, 0.5) is 0 Å². The Kier molecular flexibility index (Phi) is 9.18. The Labute approximate surface area is 211 Å². The molecule has 0 atom stereocenters. The molecule has 0 spiro atoms. The highest BCUT2D eigenvalue weighted by Gasteiger charge is 2.21. The van der Waals surface area contributed by atoms with Gasteiger partial charge < -0.3 is 19.4 Å². The van der Waals surface area contributed by atoms with Crippen molar-refractivity contribution >= 4 is 5.91 Å². The molecule has 1 saturated heterocycles. The van der Waals surface area contributed by atoms with Gasteiger partial charge in [0.15, 0.2) is 5.82 Å². The molecule has 1 aromatic heterocycles. The molecule has 2 aromatic carbocycles. The number of amides is 1. The van der Waals surface area contributed by atoms with Crippen LogP contribution in [0.5, 0.6) is 5.75 Å². The van der Waals surface area contributed by atoms with E-state index in [0.29, 0.717) is 50.0 Å². The van der Waals surface area contributed by atoms with E-state index in [-0.39, 0.29) is 30.0 Å². The zero-order chi connectivity index (χ0) is 25.2. The number of aromatic nitrogens is 3. The Morgan fingerprint density at radius 1 is 1.00 bits per heavy atom. The summed E-state index contributed by atoms with van der Waals surface area (Å²) in [6.07, 6.45) is 0.491. The highest BCUT2D eigenvalue weighted by molar-refractivity contribution is 5.76. The van der Waals surface area contributed by atoms with Crippen LogP contribution < -0.4 is 10.3 Å². The number of carbonyl (C=O) groups excluding carboxylic acids is 1. The first kappa shape index (κ1) is 25.5. The molecule has 1 aliphatic heterocycles. The van der Waals surface area contributed by atoms with Gasteiger partial charge in [-0.3, -0.25) is 14.5 Å². The van der Waals surface area contributed by atoms with Gasteiger partial charge in [0.2, 0.25) is 5.91 Å². The summed E-state index contributed by atoms with van der Waals surface area (Å²) in [4.78, 5) is 32.3. The Morgan fingerprint density at radius 2 is 1.81 bits per heavy atom. The third-order valence-corrected chi connectivity index (χ3v) is 6.12. The molecule has 0 saturated carbocycles. The number of nitrogens with one attached hydrogen (secondary N) is 1. The van der Waals surface area contributed by atoms with Gasteiger partial charge in [0, 0.05) is 57.7 Å². The number of nitrogens with zero attached hydrogens (tertiary/aromatic N) is 4. The molecule has 190 valence electrons. The van der Waals surface area contributed by atoms with Crippen molar-refractivity contribution in [3.63, 3.8) is 0 Å². The summed E-state index contributed by atoms with van der Waals surface area (Å²) < 4.78 is 11.0. The second-order valence-corrected chi connectivity index (χ2v) is 8.67. The number of H-pyrrole nitrogens is 1. The summed E-state index contributed by atoms with van der Waals surface area (Å²) in [6.45, 7) is 7.47. The van der Waals surface area contributed by atoms with Gasteiger partial charge in [-0.25, -0.2) is 0 Å². The van der Waals surface area contributed by atoms with Gasteiger partial charge >= 0.3 is 0 Å². The van der Waals surface area contributed by atoms with Crippen molar-refractivity contribution < 1.29 is 14.3 Å². The van der Waals surface area contributed by atoms with Crippen LogP contribution in [0, 0.1) is 0 Å². The Balaban J connectivity index is 1.26. The van der Waals surface area contributed by atoms with Gasteiger partial charge in [-0.2, -0.15) is 0 Å². The number of aromatic amines is 1. The van der Waals surface area contributed by atoms with Gasteiger partial charge in [-0.05, 0) is 24.6 Å². The summed E-state index contributed by atoms with van der Waals surface area (Å²) in [5.74, 6) is 1.06. The monoisotopic (exact) mass is 491 g/mol. The fraction of sp³-hybridized carbons (Fsp3) is 0.407. The van der Waals surface area contributed by atoms with Crippen LogP contribution in [-0.2, 0) is 22.5 Å². The van der Waals surface area contributed by atoms with Crippen LogP contribution in [0.2, 0.25) is 0 Å². The van der Waals surface area contributed by atoms with Gasteiger partial charge in [0.05, 0.1) is 6.61 Å². The van der Waals surface area contributed by atoms with E-state index < -0.39 is 0 Å². The molecule has 1 amide bonds. The molecular formula is C27H33N5O4. The van der Waals surface area contributed by atoms with Crippen molar-refractivity contribution in [1.82, 2.24) is 25.0 Å². The molecule has 9 nitrogen and oxygen atoms in total. The zero-order valence-corrected chi connectivity index (χ0v) is 20.7. The molecule has 4 rings (SSSR count). The van der Waals surface area contributed by atoms with Crippen LogP contribution in [0.25, 0.3) is 11.4 Å². The minimum absolute atomic E-state index is 0.0385. The van der Waals surface area contributed by atoms with Crippen molar-refractivity contribution in [2.45, 2.75) is 26.3 Å². The van der Waals surface area contributed by atoms with E-state index in [1.807, 2.05) is 48.2 Å². The van der Waals surface area contributed by atoms with Crippen LogP contribution in [-0.4, -0.2) is 76.9 Å². The summed E-state index contributed by atoms with van der Waals surface area (Å²) >= 11 is 0. The molecule has 1 fully saturated rings. The van der Waals surface area contributed by atoms with Gasteiger partial charge in [-0.1, -0.05) is 42.5 Å². The summed E-state index contributed by atoms with van der Waals surface area (Å²) in [5.41, 5.74) is 1.91. The lowest BCUT2D eigenvalue weighted by atomic mass is 10.1. The summed E-state index contributed by atoms with van der Waals surface area (Å²) in [6, 6.07) is 17.6. The minimum atomic E-state index is -0.330. The van der Waals surface area contributed by atoms with Crippen molar-refractivity contribution in [3.05, 3.63) is 76.2 Å². The maximum absolute atomic E-state index is 12.7. The maximum atomic E-state index is 12.7. The summed E-state index contributed by atoms with van der Waals surface area (Å²) in [7, 11) is 0. The lowest BCUT2D eigenvalue weighted by Gasteiger charge is -2.34. The number of rotatable bonds is 11. The third kappa shape index (κ3) is 7.22. The summed E-state index contributed by atoms with van der Waals surface area (Å²) in [5, 5.41) is 8.30. The van der Waals surface area contributed by atoms with Crippen LogP contribution in [0.3, 0.4) is 0 Å². The van der Waals surface area contributed by atoms with Gasteiger partial charge in [0.25, 0.3) is 5.56 Å². The molecule has 9 heteroatoms. The first-order valence-electron chi connectivity index (χ1n) is 12.4. The van der Waals surface area contributed by atoms with Crippen molar-refractivity contribution in [1.29, 1.82) is 0 Å². The number of piperazine rings is 1. The number of benzene rings is 2. The van der Waals surface area contributed by atoms with Crippen molar-refractivity contribution in [3.8, 4) is 17.1 Å². The van der Waals surface area contributed by atoms with Crippen LogP contribution in [0.1, 0.15) is 24.6 Å². The van der Waals surface area contributed by atoms with Crippen LogP contribution in [0.15, 0.2) is 59.4 Å². The normalized spacial score (nSPS) is 14.1. The molecule has 1 aliphatic rings. The highest BCUT2D eigenvalue weighted by Crippen LogP contribution is 2.20. The first-order valence-corrected chi connectivity index (χ1v) is 12.4. The van der Waals surface area contributed by atoms with Crippen molar-refractivity contribution in [2.75, 3.05) is 46.0 Å². The lowest BCUT2D eigenvalue weighted by molar-refractivity contribution is -0.133. The van der Waals surface area contributed by atoms with E-state index in [0.717, 1.165) is 19.6 Å². The second-order valence-electron chi connectivity index (χ2n) is 8.67. The topological polar surface area (TPSA) is 101 Å². The number of hydrogen-bond donors (Lipinski definition) is 1. The number of ether oxygens (including phenoxy) is 2. The maximum Gasteiger partial charge on any atom is 0.273 e. The molecule has 36 heavy (non-hydrogen) atoms. The highest BCUT2D eigenvalue weighted by atomic mass is 16.5. The lowest BCUT2D eigenvalue weighted by Crippen LogP contribution is -2.48. The predicted octanol–water partition coefficient (Wildman–Crippen LogP) is 2.52. The molecule has 2 heterocycles. The quantitative estimate of drug-likeness (QED) is 0.412. The van der Waals surface area contributed by atoms with Crippen LogP contribution >= 0.6 is 0 Å². The zero-order valence-electron chi connectivity index (χ0n) is 20.7. The average Bonchev–Trinajstić information content (AvgIpc) is 2.91. The van der Waals surface area contributed by atoms with E-state index in [1.165, 1.54) is 5.56 Å². The minimum Gasteiger partial charge on any atom is -0.491 e. The molecule has 1 N–H and O–H groups in total. The van der Waals surface area contributed by atoms with E-state index >= 15 is 0 Å². The standard InChI is InChI=1S/C27H33N5O4/c1-2-35-17-18-36-23-10-6-9-22(19-23)26-28-27(34)24(29-30-26)11-12-25(33)32-15-13-31(14-16-32)20-21-7-4-3-5-8-21/h3-10,19H,2,11-18,20H2,1H3,(H,28,30,34). The Morgan fingerprint density at radius 3 is 2.56 bits per heavy atom. The predicted molar refractivity (Wildman–Crippen MR) is 137 cm³/mol. The van der Waals surface area contributed by atoms with Gasteiger partial charge in [-0.15, -0.1) is 10.2 Å². The molecule has 0 unspecified atom stereocenters. The Bertz CT molecular complexity index is 1180. The molecule has 0 bridgehead atoms. The van der Waals surface area contributed by atoms with E-state index in [4.69, 9.17) is 9.47 Å². The fourth-order valence-electron chi connectivity index (χ4n) is 4.13. The number of carbonyl (C=O) groups is 1. The second kappa shape index (κ2) is 12.9. The van der Waals surface area contributed by atoms with Crippen molar-refractivity contribution in [2.24, 2.45) is 0 Å². The van der Waals surface area contributed by atoms with E-state index in [1.54, 1.807) is 6.07 Å². The molecular weight excluding hydrogens is 458 g/mol. The third-order valence-electron chi connectivity index (χ3n) is 6.12. The smallest absolute Gasteiger partial charge is 0.273 e. The SMILES string of the molecule is CCOCCOc1cccc(-c2nnc(CCC(=O)N3CCN(Cc4ccccc4)CC3)c(=O)[nH]2)c1. The van der Waals surface area contributed by atoms with Gasteiger partial charge in [0.1, 0.15) is 18.1 Å². The molecule has 0 radical (unpaired) electrons. The molecule has 0 aliphatic carbocycles. The number of aryl methyl sites for hydroxylation is 1.